The number of rotatable bonds is 7. The third kappa shape index (κ3) is 5.95. The van der Waals surface area contributed by atoms with Gasteiger partial charge in [0.1, 0.15) is 5.82 Å². The van der Waals surface area contributed by atoms with E-state index in [4.69, 9.17) is 0 Å². The van der Waals surface area contributed by atoms with Crippen LogP contribution in [0.25, 0.3) is 0 Å². The number of amides is 2. The van der Waals surface area contributed by atoms with Gasteiger partial charge in [-0.1, -0.05) is 6.42 Å². The molecule has 1 aromatic rings. The van der Waals surface area contributed by atoms with E-state index in [1.807, 2.05) is 0 Å². The molecule has 0 aromatic carbocycles. The highest BCUT2D eigenvalue weighted by Crippen LogP contribution is 2.27. The number of halogens is 2. The Kier molecular flexibility index (Phi) is 6.71. The normalized spacial score (nSPS) is 18.9. The van der Waals surface area contributed by atoms with E-state index in [0.717, 1.165) is 32.1 Å². The van der Waals surface area contributed by atoms with Gasteiger partial charge in [0.05, 0.1) is 18.4 Å². The molecule has 1 saturated carbocycles. The molecule has 6 nitrogen and oxygen atoms in total. The summed E-state index contributed by atoms with van der Waals surface area (Å²) < 4.78 is 24.8. The number of hydrogen-bond donors (Lipinski definition) is 2. The molecule has 0 spiro atoms. The second-order valence-corrected chi connectivity index (χ2v) is 7.44. The lowest BCUT2D eigenvalue weighted by molar-refractivity contribution is -0.122. The van der Waals surface area contributed by atoms with Gasteiger partial charge in [-0.2, -0.15) is 0 Å². The van der Waals surface area contributed by atoms with Gasteiger partial charge in [-0.3, -0.25) is 14.5 Å². The first-order valence-electron chi connectivity index (χ1n) is 9.57. The summed E-state index contributed by atoms with van der Waals surface area (Å²) >= 11 is 0. The molecular formula is C19H26F2N4O2. The molecule has 148 valence electrons. The molecule has 1 aliphatic heterocycles. The SMILES string of the molecule is O=C(CC1CCN(CC(F)F)CC1)Nc1ccc(NC(=O)C2CCC2)cn1. The van der Waals surface area contributed by atoms with Crippen molar-refractivity contribution in [2.75, 3.05) is 30.3 Å². The monoisotopic (exact) mass is 380 g/mol. The molecule has 0 radical (unpaired) electrons. The van der Waals surface area contributed by atoms with Crippen LogP contribution >= 0.6 is 0 Å². The Morgan fingerprint density at radius 3 is 2.44 bits per heavy atom. The highest BCUT2D eigenvalue weighted by Gasteiger charge is 2.25. The van der Waals surface area contributed by atoms with E-state index in [-0.39, 0.29) is 30.2 Å². The standard InChI is InChI=1S/C19H26F2N4O2/c20-16(21)12-25-8-6-13(7-9-25)10-18(26)24-17-5-4-15(11-22-17)23-19(27)14-2-1-3-14/h4-5,11,13-14,16H,1-3,6-10,12H2,(H,23,27)(H,22,24,26). The smallest absolute Gasteiger partial charge is 0.251 e. The Labute approximate surface area is 157 Å². The number of alkyl halides is 2. The molecule has 8 heteroatoms. The van der Waals surface area contributed by atoms with Gasteiger partial charge < -0.3 is 10.6 Å². The second kappa shape index (κ2) is 9.21. The van der Waals surface area contributed by atoms with Gasteiger partial charge in [0.15, 0.2) is 0 Å². The van der Waals surface area contributed by atoms with Crippen molar-refractivity contribution in [1.82, 2.24) is 9.88 Å². The van der Waals surface area contributed by atoms with Crippen LogP contribution in [-0.4, -0.2) is 47.8 Å². The molecule has 2 N–H and O–H groups in total. The number of nitrogens with one attached hydrogen (secondary N) is 2. The molecule has 2 aliphatic rings. The topological polar surface area (TPSA) is 74.3 Å². The number of pyridine rings is 1. The molecule has 2 heterocycles. The molecule has 0 bridgehead atoms. The predicted octanol–water partition coefficient (Wildman–Crippen LogP) is 3.13. The molecule has 0 unspecified atom stereocenters. The van der Waals surface area contributed by atoms with Gasteiger partial charge in [-0.05, 0) is 56.8 Å². The van der Waals surface area contributed by atoms with Gasteiger partial charge in [-0.15, -0.1) is 0 Å². The molecule has 3 rings (SSSR count). The zero-order valence-corrected chi connectivity index (χ0v) is 15.3. The van der Waals surface area contributed by atoms with Crippen molar-refractivity contribution >= 4 is 23.3 Å². The fourth-order valence-electron chi connectivity index (χ4n) is 3.48. The van der Waals surface area contributed by atoms with Crippen LogP contribution in [0.1, 0.15) is 38.5 Å². The van der Waals surface area contributed by atoms with E-state index in [2.05, 4.69) is 15.6 Å². The minimum atomic E-state index is -2.31. The number of likely N-dealkylation sites (tertiary alicyclic amines) is 1. The number of anilines is 2. The van der Waals surface area contributed by atoms with Gasteiger partial charge in [0.25, 0.3) is 6.43 Å². The maximum Gasteiger partial charge on any atom is 0.251 e. The number of hydrogen-bond acceptors (Lipinski definition) is 4. The number of piperidine rings is 1. The number of aromatic nitrogens is 1. The molecule has 1 aromatic heterocycles. The summed E-state index contributed by atoms with van der Waals surface area (Å²) in [4.78, 5) is 30.0. The first-order valence-corrected chi connectivity index (χ1v) is 9.57. The molecule has 2 amide bonds. The lowest BCUT2D eigenvalue weighted by Gasteiger charge is -2.31. The van der Waals surface area contributed by atoms with E-state index in [9.17, 15) is 18.4 Å². The van der Waals surface area contributed by atoms with Gasteiger partial charge in [0, 0.05) is 12.3 Å². The van der Waals surface area contributed by atoms with Gasteiger partial charge >= 0.3 is 0 Å². The summed E-state index contributed by atoms with van der Waals surface area (Å²) in [6.07, 6.45) is 4.08. The van der Waals surface area contributed by atoms with Gasteiger partial charge in [-0.25, -0.2) is 13.8 Å². The van der Waals surface area contributed by atoms with Crippen LogP contribution in [0.4, 0.5) is 20.3 Å². The Morgan fingerprint density at radius 1 is 1.15 bits per heavy atom. The Bertz CT molecular complexity index is 642. The first kappa shape index (κ1) is 19.7. The Hall–Kier alpha value is -2.09. The van der Waals surface area contributed by atoms with E-state index < -0.39 is 6.43 Å². The Balaban J connectivity index is 1.39. The van der Waals surface area contributed by atoms with Crippen LogP contribution in [0.5, 0.6) is 0 Å². The predicted molar refractivity (Wildman–Crippen MR) is 98.6 cm³/mol. The van der Waals surface area contributed by atoms with E-state index in [1.165, 1.54) is 6.20 Å². The summed E-state index contributed by atoms with van der Waals surface area (Å²) in [5.74, 6) is 0.660. The maximum atomic E-state index is 12.4. The molecular weight excluding hydrogens is 354 g/mol. The summed E-state index contributed by atoms with van der Waals surface area (Å²) in [5, 5.41) is 5.60. The minimum absolute atomic E-state index is 0.0259. The quantitative estimate of drug-likeness (QED) is 0.762. The fraction of sp³-hybridized carbons (Fsp3) is 0.632. The number of nitrogens with zero attached hydrogens (tertiary/aromatic N) is 2. The second-order valence-electron chi connectivity index (χ2n) is 7.44. The van der Waals surface area contributed by atoms with E-state index in [0.29, 0.717) is 31.0 Å². The molecule has 27 heavy (non-hydrogen) atoms. The van der Waals surface area contributed by atoms with Crippen molar-refractivity contribution in [2.24, 2.45) is 11.8 Å². The highest BCUT2D eigenvalue weighted by atomic mass is 19.3. The zero-order valence-electron chi connectivity index (χ0n) is 15.3. The van der Waals surface area contributed by atoms with E-state index >= 15 is 0 Å². The maximum absolute atomic E-state index is 12.4. The van der Waals surface area contributed by atoms with Crippen LogP contribution in [0.2, 0.25) is 0 Å². The van der Waals surface area contributed by atoms with Crippen LogP contribution in [-0.2, 0) is 9.59 Å². The third-order valence-corrected chi connectivity index (χ3v) is 5.35. The van der Waals surface area contributed by atoms with Crippen molar-refractivity contribution < 1.29 is 18.4 Å². The van der Waals surface area contributed by atoms with Crippen molar-refractivity contribution in [3.05, 3.63) is 18.3 Å². The summed E-state index contributed by atoms with van der Waals surface area (Å²) in [6.45, 7) is 1.03. The zero-order chi connectivity index (χ0) is 19.2. The van der Waals surface area contributed by atoms with Crippen LogP contribution in [0.3, 0.4) is 0 Å². The highest BCUT2D eigenvalue weighted by molar-refractivity contribution is 5.93. The van der Waals surface area contributed by atoms with Crippen molar-refractivity contribution in [2.45, 2.75) is 45.0 Å². The third-order valence-electron chi connectivity index (χ3n) is 5.35. The lowest BCUT2D eigenvalue weighted by atomic mass is 9.85. The fourth-order valence-corrected chi connectivity index (χ4v) is 3.48. The molecule has 1 saturated heterocycles. The van der Waals surface area contributed by atoms with Gasteiger partial charge in [0.2, 0.25) is 11.8 Å². The molecule has 1 aliphatic carbocycles. The average Bonchev–Trinajstić information content (AvgIpc) is 2.56. The minimum Gasteiger partial charge on any atom is -0.324 e. The Morgan fingerprint density at radius 2 is 1.89 bits per heavy atom. The largest absolute Gasteiger partial charge is 0.324 e. The summed E-state index contributed by atoms with van der Waals surface area (Å²) in [7, 11) is 0. The number of carbonyl (C=O) groups excluding carboxylic acids is 2. The van der Waals surface area contributed by atoms with Crippen molar-refractivity contribution in [3.63, 3.8) is 0 Å². The molecule has 0 atom stereocenters. The number of carbonyl (C=O) groups is 2. The lowest BCUT2D eigenvalue weighted by Crippen LogP contribution is -2.37. The molecule has 2 fully saturated rings. The van der Waals surface area contributed by atoms with Crippen LogP contribution in [0, 0.1) is 11.8 Å². The van der Waals surface area contributed by atoms with Crippen molar-refractivity contribution in [3.8, 4) is 0 Å². The summed E-state index contributed by atoms with van der Waals surface area (Å²) in [6, 6.07) is 3.39. The van der Waals surface area contributed by atoms with E-state index in [1.54, 1.807) is 17.0 Å². The first-order chi connectivity index (χ1) is 13.0. The summed E-state index contributed by atoms with van der Waals surface area (Å²) in [5.41, 5.74) is 0.622. The van der Waals surface area contributed by atoms with Crippen LogP contribution < -0.4 is 10.6 Å². The van der Waals surface area contributed by atoms with Crippen molar-refractivity contribution in [1.29, 1.82) is 0 Å². The van der Waals surface area contributed by atoms with Crippen LogP contribution in [0.15, 0.2) is 18.3 Å². The average molecular weight is 380 g/mol.